The van der Waals surface area contributed by atoms with Crippen molar-refractivity contribution in [1.29, 1.82) is 0 Å². The smallest absolute Gasteiger partial charge is 0.137 e. The fourth-order valence-electron chi connectivity index (χ4n) is 2.59. The minimum absolute atomic E-state index is 0.355. The summed E-state index contributed by atoms with van der Waals surface area (Å²) in [5.41, 5.74) is 3.58. The third-order valence-electron chi connectivity index (χ3n) is 3.92. The number of hydrogen-bond donors (Lipinski definition) is 2. The van der Waals surface area contributed by atoms with Gasteiger partial charge in [-0.2, -0.15) is 0 Å². The molecule has 0 saturated carbocycles. The number of nitrogens with one attached hydrogen (secondary N) is 1. The lowest BCUT2D eigenvalue weighted by Gasteiger charge is -2.26. The van der Waals surface area contributed by atoms with Crippen LogP contribution in [0.25, 0.3) is 0 Å². The van der Waals surface area contributed by atoms with Gasteiger partial charge in [0.25, 0.3) is 0 Å². The first-order valence-electron chi connectivity index (χ1n) is 7.36. The van der Waals surface area contributed by atoms with Crippen LogP contribution in [0, 0.1) is 20.8 Å². The van der Waals surface area contributed by atoms with E-state index in [2.05, 4.69) is 26.8 Å². The zero-order valence-corrected chi connectivity index (χ0v) is 12.7. The lowest BCUT2D eigenvalue weighted by molar-refractivity contribution is -0.911. The SMILES string of the molecule is Cc1cc(C)c(C)c(OC[C@@H](O)C[NH+]2CCOCC2)c1. The highest BCUT2D eigenvalue weighted by molar-refractivity contribution is 5.41. The van der Waals surface area contributed by atoms with E-state index in [9.17, 15) is 5.11 Å². The number of hydrogen-bond acceptors (Lipinski definition) is 3. The summed E-state index contributed by atoms with van der Waals surface area (Å²) in [5, 5.41) is 10.1. The molecule has 0 amide bonds. The van der Waals surface area contributed by atoms with E-state index >= 15 is 0 Å². The van der Waals surface area contributed by atoms with Crippen LogP contribution in [0.1, 0.15) is 16.7 Å². The minimum Gasteiger partial charge on any atom is -0.490 e. The fraction of sp³-hybridized carbons (Fsp3) is 0.625. The van der Waals surface area contributed by atoms with Gasteiger partial charge < -0.3 is 19.5 Å². The van der Waals surface area contributed by atoms with Crippen molar-refractivity contribution in [2.45, 2.75) is 26.9 Å². The second kappa shape index (κ2) is 7.07. The molecule has 1 fully saturated rings. The van der Waals surface area contributed by atoms with Crippen LogP contribution in [-0.4, -0.2) is 50.7 Å². The molecule has 1 aromatic rings. The summed E-state index contributed by atoms with van der Waals surface area (Å²) < 4.78 is 11.1. The molecule has 1 aliphatic rings. The maximum Gasteiger partial charge on any atom is 0.137 e. The Balaban J connectivity index is 1.85. The highest BCUT2D eigenvalue weighted by Crippen LogP contribution is 2.23. The first kappa shape index (κ1) is 15.3. The number of aliphatic hydroxyl groups is 1. The van der Waals surface area contributed by atoms with E-state index < -0.39 is 6.10 Å². The highest BCUT2D eigenvalue weighted by atomic mass is 16.5. The van der Waals surface area contributed by atoms with Crippen LogP contribution in [0.2, 0.25) is 0 Å². The summed E-state index contributed by atoms with van der Waals surface area (Å²) in [4.78, 5) is 1.39. The summed E-state index contributed by atoms with van der Waals surface area (Å²) in [6.45, 7) is 10.8. The predicted molar refractivity (Wildman–Crippen MR) is 78.5 cm³/mol. The Hall–Kier alpha value is -1.10. The van der Waals surface area contributed by atoms with Crippen molar-refractivity contribution in [1.82, 2.24) is 0 Å². The third kappa shape index (κ3) is 4.20. The van der Waals surface area contributed by atoms with Gasteiger partial charge in [-0.05, 0) is 43.5 Å². The molecule has 112 valence electrons. The van der Waals surface area contributed by atoms with Gasteiger partial charge in [-0.15, -0.1) is 0 Å². The van der Waals surface area contributed by atoms with E-state index in [1.807, 2.05) is 6.07 Å². The van der Waals surface area contributed by atoms with Crippen molar-refractivity contribution in [3.8, 4) is 5.75 Å². The largest absolute Gasteiger partial charge is 0.490 e. The van der Waals surface area contributed by atoms with Crippen LogP contribution in [0.15, 0.2) is 12.1 Å². The quantitative estimate of drug-likeness (QED) is 0.813. The molecular formula is C16H26NO3+. The van der Waals surface area contributed by atoms with Gasteiger partial charge in [0.15, 0.2) is 0 Å². The van der Waals surface area contributed by atoms with E-state index in [4.69, 9.17) is 9.47 Å². The van der Waals surface area contributed by atoms with Crippen molar-refractivity contribution in [3.63, 3.8) is 0 Å². The Morgan fingerprint density at radius 3 is 2.65 bits per heavy atom. The van der Waals surface area contributed by atoms with E-state index in [1.54, 1.807) is 0 Å². The van der Waals surface area contributed by atoms with E-state index in [1.165, 1.54) is 16.0 Å². The average Bonchev–Trinajstić information content (AvgIpc) is 2.42. The monoisotopic (exact) mass is 280 g/mol. The molecule has 0 unspecified atom stereocenters. The van der Waals surface area contributed by atoms with Gasteiger partial charge in [0.2, 0.25) is 0 Å². The average molecular weight is 280 g/mol. The minimum atomic E-state index is -0.427. The molecule has 0 aliphatic carbocycles. The van der Waals surface area contributed by atoms with E-state index in [-0.39, 0.29) is 0 Å². The third-order valence-corrected chi connectivity index (χ3v) is 3.92. The predicted octanol–water partition coefficient (Wildman–Crippen LogP) is 0.267. The molecule has 0 aromatic heterocycles. The van der Waals surface area contributed by atoms with Gasteiger partial charge in [0.05, 0.1) is 13.2 Å². The van der Waals surface area contributed by atoms with Crippen LogP contribution in [-0.2, 0) is 4.74 Å². The maximum absolute atomic E-state index is 10.1. The van der Waals surface area contributed by atoms with Crippen molar-refractivity contribution in [2.24, 2.45) is 0 Å². The molecule has 0 spiro atoms. The molecule has 2 rings (SSSR count). The van der Waals surface area contributed by atoms with E-state index in [0.717, 1.165) is 44.2 Å². The Labute approximate surface area is 121 Å². The van der Waals surface area contributed by atoms with Gasteiger partial charge in [0, 0.05) is 0 Å². The number of morpholine rings is 1. The lowest BCUT2D eigenvalue weighted by atomic mass is 10.1. The second-order valence-corrected chi connectivity index (χ2v) is 5.74. The molecule has 1 aromatic carbocycles. The van der Waals surface area contributed by atoms with Crippen LogP contribution in [0.4, 0.5) is 0 Å². The Morgan fingerprint density at radius 2 is 1.95 bits per heavy atom. The molecule has 1 saturated heterocycles. The Morgan fingerprint density at radius 1 is 1.25 bits per heavy atom. The molecule has 1 aliphatic heterocycles. The summed E-state index contributed by atoms with van der Waals surface area (Å²) in [6.07, 6.45) is -0.427. The van der Waals surface area contributed by atoms with Crippen molar-refractivity contribution >= 4 is 0 Å². The molecular weight excluding hydrogens is 254 g/mol. The lowest BCUT2D eigenvalue weighted by Crippen LogP contribution is -3.15. The Bertz CT molecular complexity index is 442. The summed E-state index contributed by atoms with van der Waals surface area (Å²) in [5.74, 6) is 0.888. The summed E-state index contributed by atoms with van der Waals surface area (Å²) >= 11 is 0. The van der Waals surface area contributed by atoms with Gasteiger partial charge in [-0.1, -0.05) is 6.07 Å². The zero-order chi connectivity index (χ0) is 14.5. The van der Waals surface area contributed by atoms with Crippen LogP contribution >= 0.6 is 0 Å². The van der Waals surface area contributed by atoms with Gasteiger partial charge >= 0.3 is 0 Å². The maximum atomic E-state index is 10.1. The first-order valence-corrected chi connectivity index (χ1v) is 7.36. The molecule has 4 heteroatoms. The van der Waals surface area contributed by atoms with Crippen LogP contribution in [0.3, 0.4) is 0 Å². The second-order valence-electron chi connectivity index (χ2n) is 5.74. The molecule has 1 atom stereocenters. The number of quaternary nitrogens is 1. The number of rotatable bonds is 5. The van der Waals surface area contributed by atoms with Crippen LogP contribution in [0.5, 0.6) is 5.75 Å². The van der Waals surface area contributed by atoms with Gasteiger partial charge in [-0.25, -0.2) is 0 Å². The van der Waals surface area contributed by atoms with Crippen molar-refractivity contribution < 1.29 is 19.5 Å². The number of ether oxygens (including phenoxy) is 2. The molecule has 20 heavy (non-hydrogen) atoms. The molecule has 0 radical (unpaired) electrons. The Kier molecular flexibility index (Phi) is 5.40. The van der Waals surface area contributed by atoms with Crippen molar-refractivity contribution in [3.05, 3.63) is 28.8 Å². The molecule has 4 nitrogen and oxygen atoms in total. The fourth-order valence-corrected chi connectivity index (χ4v) is 2.59. The molecule has 0 bridgehead atoms. The normalized spacial score (nSPS) is 18.0. The summed E-state index contributed by atoms with van der Waals surface area (Å²) in [7, 11) is 0. The zero-order valence-electron chi connectivity index (χ0n) is 12.7. The van der Waals surface area contributed by atoms with Gasteiger partial charge in [-0.3, -0.25) is 0 Å². The first-order chi connectivity index (χ1) is 9.56. The topological polar surface area (TPSA) is 43.1 Å². The summed E-state index contributed by atoms with van der Waals surface area (Å²) in [6, 6.07) is 4.19. The van der Waals surface area contributed by atoms with Crippen molar-refractivity contribution in [2.75, 3.05) is 39.5 Å². The number of aryl methyl sites for hydroxylation is 2. The standard InChI is InChI=1S/C16H25NO3/c1-12-8-13(2)14(3)16(9-12)20-11-15(18)10-17-4-6-19-7-5-17/h8-9,15,18H,4-7,10-11H2,1-3H3/p+1/t15-/m0/s1. The molecule has 2 N–H and O–H groups in total. The molecule has 1 heterocycles. The highest BCUT2D eigenvalue weighted by Gasteiger charge is 2.19. The number of benzene rings is 1. The van der Waals surface area contributed by atoms with E-state index in [0.29, 0.717) is 6.61 Å². The van der Waals surface area contributed by atoms with Crippen LogP contribution < -0.4 is 9.64 Å². The number of aliphatic hydroxyl groups excluding tert-OH is 1. The van der Waals surface area contributed by atoms with Gasteiger partial charge in [0.1, 0.15) is 38.1 Å².